The maximum Gasteiger partial charge on any atom is 0.255 e. The summed E-state index contributed by atoms with van der Waals surface area (Å²) in [6.07, 6.45) is 0. The van der Waals surface area contributed by atoms with Crippen LogP contribution in [0.15, 0.2) is 11.4 Å². The number of halogens is 1. The number of nitrogens with zero attached hydrogens (tertiary/aromatic N) is 2. The van der Waals surface area contributed by atoms with Gasteiger partial charge in [-0.3, -0.25) is 4.79 Å². The monoisotopic (exact) mass is 365 g/mol. The number of likely N-dealkylation sites (N-methyl/N-ethyl adjacent to an activating group) is 1. The minimum atomic E-state index is 0.118. The lowest BCUT2D eigenvalue weighted by Crippen LogP contribution is -2.56. The van der Waals surface area contributed by atoms with Gasteiger partial charge in [-0.2, -0.15) is 0 Å². The molecule has 1 unspecified atom stereocenters. The first kappa shape index (κ1) is 13.3. The van der Waals surface area contributed by atoms with Crippen LogP contribution in [0.4, 0.5) is 0 Å². The lowest BCUT2D eigenvalue weighted by molar-refractivity contribution is 0.0516. The van der Waals surface area contributed by atoms with Crippen LogP contribution in [0.3, 0.4) is 0 Å². The Bertz CT molecular complexity index is 409. The Morgan fingerprint density at radius 3 is 3.00 bits per heavy atom. The summed E-state index contributed by atoms with van der Waals surface area (Å²) >= 11 is 3.84. The first-order valence-corrected chi connectivity index (χ1v) is 7.51. The van der Waals surface area contributed by atoms with E-state index in [0.717, 1.165) is 28.1 Å². The van der Waals surface area contributed by atoms with E-state index >= 15 is 0 Å². The van der Waals surface area contributed by atoms with Crippen molar-refractivity contribution in [3.63, 3.8) is 0 Å². The molecule has 2 heterocycles. The maximum atomic E-state index is 12.3. The van der Waals surface area contributed by atoms with Gasteiger partial charge in [0.15, 0.2) is 0 Å². The van der Waals surface area contributed by atoms with Gasteiger partial charge in [0, 0.05) is 31.6 Å². The summed E-state index contributed by atoms with van der Waals surface area (Å²) in [7, 11) is 2.07. The molecule has 0 radical (unpaired) electrons. The molecule has 94 valence electrons. The second-order valence-corrected chi connectivity index (χ2v) is 7.10. The third kappa shape index (κ3) is 2.98. The fraction of sp³-hybridized carbons (Fsp3) is 0.545. The molecule has 1 aliphatic heterocycles. The predicted octanol–water partition coefficient (Wildman–Crippen LogP) is 1.07. The number of hydrogen-bond acceptors (Lipinski definition) is 4. The number of carbonyl (C=O) groups is 1. The topological polar surface area (TPSA) is 49.6 Å². The Balaban J connectivity index is 2.13. The zero-order valence-electron chi connectivity index (χ0n) is 9.73. The highest BCUT2D eigenvalue weighted by Gasteiger charge is 2.28. The van der Waals surface area contributed by atoms with E-state index in [4.69, 9.17) is 5.73 Å². The van der Waals surface area contributed by atoms with Crippen molar-refractivity contribution < 1.29 is 4.79 Å². The van der Waals surface area contributed by atoms with Gasteiger partial charge in [0.1, 0.15) is 0 Å². The van der Waals surface area contributed by atoms with Gasteiger partial charge in [-0.15, -0.1) is 11.3 Å². The molecule has 1 amide bonds. The molecule has 1 aromatic heterocycles. The molecular weight excluding hydrogens is 349 g/mol. The van der Waals surface area contributed by atoms with E-state index in [0.29, 0.717) is 6.54 Å². The van der Waals surface area contributed by atoms with Crippen LogP contribution in [-0.4, -0.2) is 55.0 Å². The summed E-state index contributed by atoms with van der Waals surface area (Å²) in [4.78, 5) is 16.5. The number of hydrogen-bond donors (Lipinski definition) is 1. The van der Waals surface area contributed by atoms with Crippen LogP contribution < -0.4 is 5.73 Å². The fourth-order valence-corrected chi connectivity index (χ4v) is 3.39. The predicted molar refractivity (Wildman–Crippen MR) is 78.4 cm³/mol. The smallest absolute Gasteiger partial charge is 0.255 e. The van der Waals surface area contributed by atoms with E-state index in [2.05, 4.69) is 34.5 Å². The van der Waals surface area contributed by atoms with Crippen LogP contribution in [0.25, 0.3) is 0 Å². The molecule has 6 heteroatoms. The van der Waals surface area contributed by atoms with Gasteiger partial charge in [-0.05, 0) is 35.7 Å². The van der Waals surface area contributed by atoms with Gasteiger partial charge in [-0.25, -0.2) is 0 Å². The molecule has 17 heavy (non-hydrogen) atoms. The Morgan fingerprint density at radius 1 is 1.65 bits per heavy atom. The molecule has 0 saturated carbocycles. The molecule has 1 atom stereocenters. The molecule has 2 rings (SSSR count). The molecule has 0 aliphatic carbocycles. The molecule has 1 saturated heterocycles. The zero-order chi connectivity index (χ0) is 12.4. The Morgan fingerprint density at radius 2 is 2.41 bits per heavy atom. The zero-order valence-corrected chi connectivity index (χ0v) is 12.7. The van der Waals surface area contributed by atoms with Crippen molar-refractivity contribution in [3.05, 3.63) is 19.9 Å². The molecule has 0 aromatic carbocycles. The molecule has 0 bridgehead atoms. The Hall–Kier alpha value is -0.180. The minimum Gasteiger partial charge on any atom is -0.332 e. The van der Waals surface area contributed by atoms with Gasteiger partial charge in [0.25, 0.3) is 5.91 Å². The number of carbonyl (C=O) groups excluding carboxylic acids is 1. The quantitative estimate of drug-likeness (QED) is 0.798. The molecule has 1 fully saturated rings. The molecule has 1 aromatic rings. The maximum absolute atomic E-state index is 12.3. The van der Waals surface area contributed by atoms with Crippen molar-refractivity contribution >= 4 is 39.8 Å². The molecular formula is C11H16IN3OS. The van der Waals surface area contributed by atoms with Crippen LogP contribution >= 0.6 is 33.9 Å². The highest BCUT2D eigenvalue weighted by atomic mass is 127. The molecule has 4 nitrogen and oxygen atoms in total. The summed E-state index contributed by atoms with van der Waals surface area (Å²) in [5.74, 6) is 0.118. The average Bonchev–Trinajstić information content (AvgIpc) is 2.75. The first-order chi connectivity index (χ1) is 8.11. The second kappa shape index (κ2) is 5.64. The largest absolute Gasteiger partial charge is 0.332 e. The summed E-state index contributed by atoms with van der Waals surface area (Å²) in [6, 6.07) is 2.08. The normalized spacial score (nSPS) is 21.8. The van der Waals surface area contributed by atoms with Crippen molar-refractivity contribution in [1.82, 2.24) is 9.80 Å². The van der Waals surface area contributed by atoms with Gasteiger partial charge < -0.3 is 15.5 Å². The van der Waals surface area contributed by atoms with Crippen molar-refractivity contribution in [2.24, 2.45) is 5.73 Å². The van der Waals surface area contributed by atoms with Crippen molar-refractivity contribution in [3.8, 4) is 0 Å². The van der Waals surface area contributed by atoms with Crippen LogP contribution in [0.5, 0.6) is 0 Å². The van der Waals surface area contributed by atoms with E-state index in [1.807, 2.05) is 16.3 Å². The average molecular weight is 365 g/mol. The summed E-state index contributed by atoms with van der Waals surface area (Å²) < 4.78 is 1.14. The molecule has 1 aliphatic rings. The highest BCUT2D eigenvalue weighted by molar-refractivity contribution is 14.1. The summed E-state index contributed by atoms with van der Waals surface area (Å²) in [5.41, 5.74) is 6.55. The summed E-state index contributed by atoms with van der Waals surface area (Å²) in [6.45, 7) is 3.08. The SMILES string of the molecule is CN1CCN(C(=O)c2csc(I)c2)C(CN)C1. The number of rotatable bonds is 2. The second-order valence-electron chi connectivity index (χ2n) is 4.29. The fourth-order valence-electron chi connectivity index (χ4n) is 2.07. The number of nitrogens with two attached hydrogens (primary N) is 1. The third-order valence-corrected chi connectivity index (χ3v) is 4.82. The van der Waals surface area contributed by atoms with Crippen molar-refractivity contribution in [2.45, 2.75) is 6.04 Å². The Labute approximate surface area is 119 Å². The van der Waals surface area contributed by atoms with Gasteiger partial charge >= 0.3 is 0 Å². The minimum absolute atomic E-state index is 0.118. The lowest BCUT2D eigenvalue weighted by Gasteiger charge is -2.39. The van der Waals surface area contributed by atoms with Gasteiger partial charge in [0.2, 0.25) is 0 Å². The highest BCUT2D eigenvalue weighted by Crippen LogP contribution is 2.20. The van der Waals surface area contributed by atoms with E-state index in [1.165, 1.54) is 0 Å². The van der Waals surface area contributed by atoms with Crippen LogP contribution in [0, 0.1) is 2.88 Å². The van der Waals surface area contributed by atoms with Crippen LogP contribution in [-0.2, 0) is 0 Å². The number of amides is 1. The van der Waals surface area contributed by atoms with E-state index in [1.54, 1.807) is 11.3 Å². The van der Waals surface area contributed by atoms with E-state index in [-0.39, 0.29) is 11.9 Å². The summed E-state index contributed by atoms with van der Waals surface area (Å²) in [5, 5.41) is 1.93. The lowest BCUT2D eigenvalue weighted by atomic mass is 10.1. The van der Waals surface area contributed by atoms with Crippen LogP contribution in [0.1, 0.15) is 10.4 Å². The van der Waals surface area contributed by atoms with Crippen molar-refractivity contribution in [2.75, 3.05) is 33.2 Å². The Kier molecular flexibility index (Phi) is 4.40. The van der Waals surface area contributed by atoms with Crippen molar-refractivity contribution in [1.29, 1.82) is 0 Å². The number of piperazine rings is 1. The van der Waals surface area contributed by atoms with Gasteiger partial charge in [-0.1, -0.05) is 0 Å². The molecule has 2 N–H and O–H groups in total. The van der Waals surface area contributed by atoms with E-state index < -0.39 is 0 Å². The third-order valence-electron chi connectivity index (χ3n) is 3.03. The molecule has 0 spiro atoms. The standard InChI is InChI=1S/C11H16IN3OS/c1-14-2-3-15(9(5-13)6-14)11(16)8-4-10(12)17-7-8/h4,7,9H,2-3,5-6,13H2,1H3. The van der Waals surface area contributed by atoms with Crippen LogP contribution in [0.2, 0.25) is 0 Å². The first-order valence-electron chi connectivity index (χ1n) is 5.55. The number of thiophene rings is 1. The van der Waals surface area contributed by atoms with Gasteiger partial charge in [0.05, 0.1) is 14.5 Å². The van der Waals surface area contributed by atoms with E-state index in [9.17, 15) is 4.79 Å².